The molecule has 2 atom stereocenters. The summed E-state index contributed by atoms with van der Waals surface area (Å²) in [6.45, 7) is 3.35. The largest absolute Gasteiger partial charge is 0.338 e. The van der Waals surface area contributed by atoms with E-state index in [4.69, 9.17) is 9.51 Å². The van der Waals surface area contributed by atoms with E-state index in [1.54, 1.807) is 0 Å². The first-order chi connectivity index (χ1) is 10.2. The molecular formula is C17H25N3O. The Bertz CT molecular complexity index is 517. The summed E-state index contributed by atoms with van der Waals surface area (Å²) in [7, 11) is 0. The van der Waals surface area contributed by atoms with Crippen LogP contribution in [0.1, 0.15) is 69.6 Å². The molecule has 1 aromatic rings. The van der Waals surface area contributed by atoms with Gasteiger partial charge in [-0.2, -0.15) is 4.98 Å². The van der Waals surface area contributed by atoms with Gasteiger partial charge in [-0.25, -0.2) is 0 Å². The zero-order chi connectivity index (χ0) is 14.0. The van der Waals surface area contributed by atoms with Gasteiger partial charge in [0.25, 0.3) is 0 Å². The molecule has 1 saturated heterocycles. The van der Waals surface area contributed by atoms with Crippen LogP contribution in [0.2, 0.25) is 0 Å². The second kappa shape index (κ2) is 4.31. The highest BCUT2D eigenvalue weighted by Crippen LogP contribution is 2.60. The first kappa shape index (κ1) is 12.6. The topological polar surface area (TPSA) is 51.0 Å². The highest BCUT2D eigenvalue weighted by atomic mass is 16.5. The minimum atomic E-state index is 0.262. The summed E-state index contributed by atoms with van der Waals surface area (Å²) in [5, 5.41) is 7.97. The molecule has 1 aliphatic heterocycles. The van der Waals surface area contributed by atoms with Gasteiger partial charge in [0.2, 0.25) is 5.89 Å². The number of hydrogen-bond donors (Lipinski definition) is 1. The Morgan fingerprint density at radius 2 is 1.76 bits per heavy atom. The molecule has 4 bridgehead atoms. The monoisotopic (exact) mass is 287 g/mol. The third-order valence-corrected chi connectivity index (χ3v) is 6.75. The van der Waals surface area contributed by atoms with E-state index in [-0.39, 0.29) is 11.5 Å². The van der Waals surface area contributed by atoms with Crippen molar-refractivity contribution in [3.63, 3.8) is 0 Å². The Morgan fingerprint density at radius 3 is 2.33 bits per heavy atom. The molecule has 114 valence electrons. The van der Waals surface area contributed by atoms with E-state index in [0.717, 1.165) is 36.0 Å². The van der Waals surface area contributed by atoms with Crippen molar-refractivity contribution in [3.8, 4) is 0 Å². The smallest absolute Gasteiger partial charge is 0.244 e. The maximum absolute atomic E-state index is 5.68. The molecule has 1 N–H and O–H groups in total. The van der Waals surface area contributed by atoms with Gasteiger partial charge >= 0.3 is 0 Å². The summed E-state index contributed by atoms with van der Waals surface area (Å²) in [5.74, 6) is 5.28. The van der Waals surface area contributed by atoms with Crippen LogP contribution in [-0.2, 0) is 5.41 Å². The van der Waals surface area contributed by atoms with E-state index in [0.29, 0.717) is 5.92 Å². The highest BCUT2D eigenvalue weighted by molar-refractivity contribution is 5.17. The standard InChI is InChI=1S/C17H25N3O/c1-10-2-3-18-14(10)15-19-16(20-21-15)17-7-11-4-12(8-17)6-13(5-11)9-17/h10-14,18H,2-9H2,1H3. The van der Waals surface area contributed by atoms with Crippen molar-refractivity contribution in [3.05, 3.63) is 11.7 Å². The van der Waals surface area contributed by atoms with Crippen LogP contribution in [0, 0.1) is 23.7 Å². The van der Waals surface area contributed by atoms with Crippen LogP contribution in [0.3, 0.4) is 0 Å². The molecule has 0 radical (unpaired) electrons. The second-order valence-corrected chi connectivity index (χ2v) is 8.35. The van der Waals surface area contributed by atoms with Crippen molar-refractivity contribution >= 4 is 0 Å². The van der Waals surface area contributed by atoms with Crippen molar-refractivity contribution < 1.29 is 4.52 Å². The Kier molecular flexibility index (Phi) is 2.59. The van der Waals surface area contributed by atoms with Crippen molar-refractivity contribution in [1.82, 2.24) is 15.5 Å². The van der Waals surface area contributed by atoms with Gasteiger partial charge in [-0.15, -0.1) is 0 Å². The fourth-order valence-corrected chi connectivity index (χ4v) is 6.13. The molecule has 1 aromatic heterocycles. The van der Waals surface area contributed by atoms with Gasteiger partial charge in [0, 0.05) is 5.41 Å². The van der Waals surface area contributed by atoms with Crippen LogP contribution in [0.5, 0.6) is 0 Å². The molecule has 21 heavy (non-hydrogen) atoms. The Labute approximate surface area is 126 Å². The number of aromatic nitrogens is 2. The first-order valence-corrected chi connectivity index (χ1v) is 8.79. The summed E-state index contributed by atoms with van der Waals surface area (Å²) >= 11 is 0. The molecule has 5 aliphatic rings. The molecule has 2 heterocycles. The van der Waals surface area contributed by atoms with Gasteiger partial charge in [0.1, 0.15) is 0 Å². The fourth-order valence-electron chi connectivity index (χ4n) is 6.13. The van der Waals surface area contributed by atoms with Crippen LogP contribution < -0.4 is 5.32 Å². The molecule has 0 aromatic carbocycles. The lowest BCUT2D eigenvalue weighted by Gasteiger charge is -2.55. The van der Waals surface area contributed by atoms with Gasteiger partial charge < -0.3 is 9.84 Å². The van der Waals surface area contributed by atoms with Crippen LogP contribution in [0.15, 0.2) is 4.52 Å². The second-order valence-electron chi connectivity index (χ2n) is 8.35. The van der Waals surface area contributed by atoms with Crippen LogP contribution >= 0.6 is 0 Å². The van der Waals surface area contributed by atoms with E-state index in [2.05, 4.69) is 17.4 Å². The summed E-state index contributed by atoms with van der Waals surface area (Å²) in [4.78, 5) is 4.89. The normalized spacial score (nSPS) is 48.1. The summed E-state index contributed by atoms with van der Waals surface area (Å²) in [6, 6.07) is 0.278. The third-order valence-electron chi connectivity index (χ3n) is 6.75. The van der Waals surface area contributed by atoms with Gasteiger partial charge in [-0.1, -0.05) is 12.1 Å². The molecule has 6 rings (SSSR count). The predicted octanol–water partition coefficient (Wildman–Crippen LogP) is 3.21. The zero-order valence-electron chi connectivity index (χ0n) is 12.8. The summed E-state index contributed by atoms with van der Waals surface area (Å²) in [5.41, 5.74) is 0.262. The van der Waals surface area contributed by atoms with E-state index in [1.807, 2.05) is 0 Å². The Hall–Kier alpha value is -0.900. The lowest BCUT2D eigenvalue weighted by Crippen LogP contribution is -2.49. The minimum Gasteiger partial charge on any atom is -0.338 e. The van der Waals surface area contributed by atoms with Crippen LogP contribution in [0.4, 0.5) is 0 Å². The van der Waals surface area contributed by atoms with Crippen LogP contribution in [0.25, 0.3) is 0 Å². The molecule has 4 aliphatic carbocycles. The maximum atomic E-state index is 5.68. The number of rotatable bonds is 2. The molecule has 2 unspecified atom stereocenters. The quantitative estimate of drug-likeness (QED) is 0.907. The van der Waals surface area contributed by atoms with Crippen molar-refractivity contribution in [2.24, 2.45) is 23.7 Å². The van der Waals surface area contributed by atoms with Crippen molar-refractivity contribution in [1.29, 1.82) is 0 Å². The average Bonchev–Trinajstić information content (AvgIpc) is 3.05. The number of nitrogens with zero attached hydrogens (tertiary/aromatic N) is 2. The van der Waals surface area contributed by atoms with Crippen LogP contribution in [-0.4, -0.2) is 16.7 Å². The molecule has 0 spiro atoms. The highest BCUT2D eigenvalue weighted by Gasteiger charge is 2.54. The maximum Gasteiger partial charge on any atom is 0.244 e. The minimum absolute atomic E-state index is 0.262. The van der Waals surface area contributed by atoms with Gasteiger partial charge in [-0.05, 0) is 75.2 Å². The summed E-state index contributed by atoms with van der Waals surface area (Å²) in [6.07, 6.45) is 9.53. The van der Waals surface area contributed by atoms with Gasteiger partial charge in [-0.3, -0.25) is 0 Å². The van der Waals surface area contributed by atoms with E-state index in [9.17, 15) is 0 Å². The molecule has 0 amide bonds. The lowest BCUT2D eigenvalue weighted by molar-refractivity contribution is -0.0103. The fraction of sp³-hybridized carbons (Fsp3) is 0.882. The number of hydrogen-bond acceptors (Lipinski definition) is 4. The molecule has 5 fully saturated rings. The van der Waals surface area contributed by atoms with Gasteiger partial charge in [0.05, 0.1) is 6.04 Å². The molecule has 4 heteroatoms. The van der Waals surface area contributed by atoms with Crippen molar-refractivity contribution in [2.75, 3.05) is 6.54 Å². The first-order valence-electron chi connectivity index (χ1n) is 8.79. The SMILES string of the molecule is CC1CCNC1c1nc(C23CC4CC(CC(C4)C2)C3)no1. The molecular weight excluding hydrogens is 262 g/mol. The Balaban J connectivity index is 1.46. The van der Waals surface area contributed by atoms with E-state index >= 15 is 0 Å². The summed E-state index contributed by atoms with van der Waals surface area (Å²) < 4.78 is 5.68. The van der Waals surface area contributed by atoms with E-state index < -0.39 is 0 Å². The lowest BCUT2D eigenvalue weighted by atomic mass is 9.49. The predicted molar refractivity (Wildman–Crippen MR) is 78.7 cm³/mol. The van der Waals surface area contributed by atoms with Crippen molar-refractivity contribution in [2.45, 2.75) is 63.3 Å². The zero-order valence-corrected chi connectivity index (χ0v) is 12.8. The number of nitrogens with one attached hydrogen (secondary N) is 1. The van der Waals surface area contributed by atoms with Gasteiger partial charge in [0.15, 0.2) is 5.82 Å². The Morgan fingerprint density at radius 1 is 1.10 bits per heavy atom. The molecule has 4 saturated carbocycles. The van der Waals surface area contributed by atoms with E-state index in [1.165, 1.54) is 44.9 Å². The average molecular weight is 287 g/mol. The molecule has 4 nitrogen and oxygen atoms in total. The third kappa shape index (κ3) is 1.84.